The van der Waals surface area contributed by atoms with Crippen molar-refractivity contribution in [2.24, 2.45) is 0 Å². The summed E-state index contributed by atoms with van der Waals surface area (Å²) in [5.41, 5.74) is 0.737. The molecule has 62 valence electrons. The lowest BCUT2D eigenvalue weighted by Gasteiger charge is -1.96. The predicted molar refractivity (Wildman–Crippen MR) is 43.0 cm³/mol. The normalized spacial score (nSPS) is 9.00. The Balaban J connectivity index is 2.76. The van der Waals surface area contributed by atoms with Gasteiger partial charge in [0.25, 0.3) is 0 Å². The molecule has 0 bridgehead atoms. The van der Waals surface area contributed by atoms with E-state index in [4.69, 9.17) is 11.3 Å². The van der Waals surface area contributed by atoms with Crippen molar-refractivity contribution in [3.8, 4) is 0 Å². The second kappa shape index (κ2) is 3.58. The number of hydrogen-bond acceptors (Lipinski definition) is 2. The number of nitrogens with one attached hydrogen (secondary N) is 1. The topological polar surface area (TPSA) is 46.5 Å². The van der Waals surface area contributed by atoms with Crippen molar-refractivity contribution < 1.29 is 9.53 Å². The molecule has 0 radical (unpaired) electrons. The van der Waals surface area contributed by atoms with Crippen molar-refractivity contribution in [1.82, 2.24) is 4.98 Å². The molecule has 0 spiro atoms. The van der Waals surface area contributed by atoms with Crippen LogP contribution in [0.2, 0.25) is 0 Å². The van der Waals surface area contributed by atoms with Crippen LogP contribution in [0.4, 0.5) is 5.69 Å². The zero-order valence-corrected chi connectivity index (χ0v) is 6.63. The van der Waals surface area contributed by atoms with Crippen LogP contribution in [0.15, 0.2) is 12.3 Å². The first-order valence-electron chi connectivity index (χ1n) is 3.51. The first kappa shape index (κ1) is 8.34. The van der Waals surface area contributed by atoms with Gasteiger partial charge in [0.15, 0.2) is 0 Å². The van der Waals surface area contributed by atoms with Crippen molar-refractivity contribution in [1.29, 1.82) is 0 Å². The van der Waals surface area contributed by atoms with E-state index in [0.29, 0.717) is 18.0 Å². The van der Waals surface area contributed by atoms with Crippen molar-refractivity contribution in [2.75, 3.05) is 6.61 Å². The first-order valence-corrected chi connectivity index (χ1v) is 3.51. The van der Waals surface area contributed by atoms with Gasteiger partial charge in [-0.3, -0.25) is 0 Å². The molecule has 1 aromatic heterocycles. The molecule has 12 heavy (non-hydrogen) atoms. The third-order valence-electron chi connectivity index (χ3n) is 1.29. The molecule has 1 rings (SSSR count). The first-order chi connectivity index (χ1) is 5.77. The van der Waals surface area contributed by atoms with Crippen molar-refractivity contribution >= 4 is 11.7 Å². The molecule has 0 saturated heterocycles. The van der Waals surface area contributed by atoms with E-state index in [1.165, 1.54) is 12.3 Å². The molecule has 0 aliphatic carbocycles. The Hall–Kier alpha value is -1.76. The molecule has 0 unspecified atom stereocenters. The molecule has 1 heterocycles. The lowest BCUT2D eigenvalue weighted by atomic mass is 10.4. The summed E-state index contributed by atoms with van der Waals surface area (Å²) >= 11 is 0. The zero-order chi connectivity index (χ0) is 8.97. The summed E-state index contributed by atoms with van der Waals surface area (Å²) < 4.78 is 4.71. The minimum absolute atomic E-state index is 0.322. The SMILES string of the molecule is [C-]#[N+]c1c[nH]c(C(=O)OCC)c1. The van der Waals surface area contributed by atoms with E-state index in [-0.39, 0.29) is 0 Å². The summed E-state index contributed by atoms with van der Waals surface area (Å²) in [5, 5.41) is 0. The van der Waals surface area contributed by atoms with Crippen LogP contribution < -0.4 is 0 Å². The lowest BCUT2D eigenvalue weighted by molar-refractivity contribution is 0.0520. The van der Waals surface area contributed by atoms with Crippen LogP contribution in [0.1, 0.15) is 17.4 Å². The fourth-order valence-electron chi connectivity index (χ4n) is 0.774. The summed E-state index contributed by atoms with van der Waals surface area (Å²) in [5.74, 6) is -0.424. The predicted octanol–water partition coefficient (Wildman–Crippen LogP) is 1.74. The van der Waals surface area contributed by atoms with Gasteiger partial charge in [0.05, 0.1) is 13.2 Å². The zero-order valence-electron chi connectivity index (χ0n) is 6.63. The number of esters is 1. The van der Waals surface area contributed by atoms with E-state index >= 15 is 0 Å². The quantitative estimate of drug-likeness (QED) is 0.534. The van der Waals surface area contributed by atoms with E-state index in [1.54, 1.807) is 6.92 Å². The average molecular weight is 164 g/mol. The molecule has 1 aromatic rings. The fourth-order valence-corrected chi connectivity index (χ4v) is 0.774. The van der Waals surface area contributed by atoms with Gasteiger partial charge in [-0.1, -0.05) is 0 Å². The van der Waals surface area contributed by atoms with E-state index < -0.39 is 5.97 Å². The molecule has 4 nitrogen and oxygen atoms in total. The van der Waals surface area contributed by atoms with Crippen LogP contribution in [-0.4, -0.2) is 17.6 Å². The molecular weight excluding hydrogens is 156 g/mol. The highest BCUT2D eigenvalue weighted by Crippen LogP contribution is 2.13. The summed E-state index contributed by atoms with van der Waals surface area (Å²) in [7, 11) is 0. The Morgan fingerprint density at radius 3 is 3.08 bits per heavy atom. The fraction of sp³-hybridized carbons (Fsp3) is 0.250. The Bertz CT molecular complexity index is 322. The van der Waals surface area contributed by atoms with E-state index in [1.807, 2.05) is 0 Å². The third-order valence-corrected chi connectivity index (χ3v) is 1.29. The number of nitrogens with zero attached hydrogens (tertiary/aromatic N) is 1. The lowest BCUT2D eigenvalue weighted by Crippen LogP contribution is -2.04. The molecule has 0 aliphatic heterocycles. The molecule has 0 fully saturated rings. The standard InChI is InChI=1S/C8H8N2O2/c1-3-12-8(11)7-4-6(9-2)5-10-7/h4-5,10H,3H2,1H3. The molecule has 1 N–H and O–H groups in total. The van der Waals surface area contributed by atoms with Gasteiger partial charge in [-0.25, -0.2) is 9.64 Å². The number of hydrogen-bond donors (Lipinski definition) is 1. The van der Waals surface area contributed by atoms with Crippen LogP contribution in [0, 0.1) is 6.57 Å². The Morgan fingerprint density at radius 2 is 2.58 bits per heavy atom. The van der Waals surface area contributed by atoms with Crippen molar-refractivity contribution in [2.45, 2.75) is 6.92 Å². The smallest absolute Gasteiger partial charge is 0.353 e. The molecule has 0 aliphatic rings. The summed E-state index contributed by atoms with van der Waals surface area (Å²) in [6, 6.07) is 1.46. The highest BCUT2D eigenvalue weighted by atomic mass is 16.5. The summed E-state index contributed by atoms with van der Waals surface area (Å²) in [4.78, 5) is 16.8. The molecule has 0 amide bonds. The Kier molecular flexibility index (Phi) is 2.49. The number of carbonyl (C=O) groups excluding carboxylic acids is 1. The minimum Gasteiger partial charge on any atom is -0.461 e. The second-order valence-electron chi connectivity index (χ2n) is 2.10. The number of carbonyl (C=O) groups is 1. The molecule has 0 atom stereocenters. The van der Waals surface area contributed by atoms with Crippen LogP contribution in [-0.2, 0) is 4.74 Å². The summed E-state index contributed by atoms with van der Waals surface area (Å²) in [6.45, 7) is 8.72. The monoisotopic (exact) mass is 164 g/mol. The van der Waals surface area contributed by atoms with Crippen LogP contribution in [0.5, 0.6) is 0 Å². The van der Waals surface area contributed by atoms with Crippen LogP contribution in [0.3, 0.4) is 0 Å². The van der Waals surface area contributed by atoms with Crippen LogP contribution in [0.25, 0.3) is 4.85 Å². The maximum absolute atomic E-state index is 11.0. The number of aromatic nitrogens is 1. The van der Waals surface area contributed by atoms with Gasteiger partial charge in [0.2, 0.25) is 5.69 Å². The van der Waals surface area contributed by atoms with Gasteiger partial charge >= 0.3 is 5.97 Å². The number of aromatic amines is 1. The van der Waals surface area contributed by atoms with Gasteiger partial charge in [-0.05, 0) is 13.0 Å². The summed E-state index contributed by atoms with van der Waals surface area (Å²) in [6.07, 6.45) is 1.47. The van der Waals surface area contributed by atoms with Gasteiger partial charge in [0.1, 0.15) is 5.69 Å². The van der Waals surface area contributed by atoms with E-state index in [9.17, 15) is 4.79 Å². The number of rotatable bonds is 2. The molecule has 0 saturated carbocycles. The minimum atomic E-state index is -0.424. The van der Waals surface area contributed by atoms with Gasteiger partial charge in [-0.2, -0.15) is 0 Å². The second-order valence-corrected chi connectivity index (χ2v) is 2.10. The van der Waals surface area contributed by atoms with Crippen molar-refractivity contribution in [3.05, 3.63) is 29.4 Å². The van der Waals surface area contributed by atoms with Crippen molar-refractivity contribution in [3.63, 3.8) is 0 Å². The van der Waals surface area contributed by atoms with Gasteiger partial charge < -0.3 is 9.72 Å². The molecular formula is C8H8N2O2. The molecule has 4 heteroatoms. The number of H-pyrrole nitrogens is 1. The molecule has 0 aromatic carbocycles. The largest absolute Gasteiger partial charge is 0.461 e. The highest BCUT2D eigenvalue weighted by molar-refractivity contribution is 5.88. The third kappa shape index (κ3) is 1.64. The van der Waals surface area contributed by atoms with E-state index in [0.717, 1.165) is 0 Å². The average Bonchev–Trinajstić information content (AvgIpc) is 2.52. The Morgan fingerprint density at radius 1 is 1.83 bits per heavy atom. The number of ether oxygens (including phenoxy) is 1. The van der Waals surface area contributed by atoms with E-state index in [2.05, 4.69) is 9.83 Å². The maximum atomic E-state index is 11.0. The highest BCUT2D eigenvalue weighted by Gasteiger charge is 2.07. The van der Waals surface area contributed by atoms with Gasteiger partial charge in [-0.15, -0.1) is 0 Å². The maximum Gasteiger partial charge on any atom is 0.353 e. The van der Waals surface area contributed by atoms with Gasteiger partial charge in [0, 0.05) is 6.20 Å². The Labute approximate surface area is 70.0 Å². The van der Waals surface area contributed by atoms with Crippen LogP contribution >= 0.6 is 0 Å².